The molecular formula is C12H17BrCl2N2O3S. The Bertz CT molecular complexity index is 559. The van der Waals surface area contributed by atoms with Crippen LogP contribution in [0.25, 0.3) is 0 Å². The van der Waals surface area contributed by atoms with Crippen molar-refractivity contribution in [3.05, 3.63) is 26.7 Å². The summed E-state index contributed by atoms with van der Waals surface area (Å²) in [5.41, 5.74) is 0. The topological polar surface area (TPSA) is 58.6 Å². The van der Waals surface area contributed by atoms with Crippen LogP contribution in [0.1, 0.15) is 0 Å². The molecule has 1 N–H and O–H groups in total. The molecule has 0 fully saturated rings. The van der Waals surface area contributed by atoms with Crippen molar-refractivity contribution in [1.82, 2.24) is 9.62 Å². The highest BCUT2D eigenvalue weighted by atomic mass is 79.9. The van der Waals surface area contributed by atoms with Crippen LogP contribution in [0.5, 0.6) is 0 Å². The predicted octanol–water partition coefficient (Wildman–Crippen LogP) is 2.61. The van der Waals surface area contributed by atoms with Gasteiger partial charge in [-0.2, -0.15) is 0 Å². The molecule has 1 aromatic carbocycles. The molecule has 0 radical (unpaired) electrons. The number of likely N-dealkylation sites (N-methyl/N-ethyl adjacent to an activating group) is 1. The molecule has 0 unspecified atom stereocenters. The first-order valence-electron chi connectivity index (χ1n) is 6.10. The lowest BCUT2D eigenvalue weighted by molar-refractivity contribution is 0.122. The van der Waals surface area contributed by atoms with Gasteiger partial charge in [0.05, 0.1) is 23.3 Å². The summed E-state index contributed by atoms with van der Waals surface area (Å²) in [7, 11) is 0.101. The van der Waals surface area contributed by atoms with Gasteiger partial charge < -0.3 is 9.64 Å². The molecule has 0 heterocycles. The highest BCUT2D eigenvalue weighted by Crippen LogP contribution is 2.32. The molecule has 1 rings (SSSR count). The fraction of sp³-hybridized carbons (Fsp3) is 0.500. The molecule has 0 saturated carbocycles. The standard InChI is InChI=1S/C12H17BrCl2N2O3S/c1-17(2)4-6-20-5-3-16-21(18,19)12-10(14)7-9(13)8-11(12)15/h7-8,16H,3-6H2,1-2H3. The molecule has 0 aliphatic rings. The molecule has 0 aliphatic heterocycles. The third-order valence-corrected chi connectivity index (χ3v) is 5.29. The summed E-state index contributed by atoms with van der Waals surface area (Å²) in [6.45, 7) is 1.74. The first-order valence-corrected chi connectivity index (χ1v) is 9.14. The average molecular weight is 420 g/mol. The van der Waals surface area contributed by atoms with Crippen molar-refractivity contribution in [3.8, 4) is 0 Å². The Morgan fingerprint density at radius 3 is 2.33 bits per heavy atom. The molecule has 0 spiro atoms. The molecule has 0 bridgehead atoms. The van der Waals surface area contributed by atoms with Gasteiger partial charge in [0.25, 0.3) is 0 Å². The molecule has 120 valence electrons. The maximum absolute atomic E-state index is 12.2. The second-order valence-corrected chi connectivity index (χ2v) is 7.95. The van der Waals surface area contributed by atoms with Crippen LogP contribution in [0.4, 0.5) is 0 Å². The smallest absolute Gasteiger partial charge is 0.243 e. The number of hydrogen-bond donors (Lipinski definition) is 1. The Hall–Kier alpha value is 0.110. The van der Waals surface area contributed by atoms with E-state index in [1.54, 1.807) is 0 Å². The Balaban J connectivity index is 2.59. The lowest BCUT2D eigenvalue weighted by Gasteiger charge is -2.12. The molecule has 5 nitrogen and oxygen atoms in total. The maximum Gasteiger partial charge on any atom is 0.243 e. The molecule has 0 amide bonds. The molecule has 0 aliphatic carbocycles. The molecular weight excluding hydrogens is 403 g/mol. The molecule has 0 aromatic heterocycles. The predicted molar refractivity (Wildman–Crippen MR) is 88.7 cm³/mol. The van der Waals surface area contributed by atoms with Crippen LogP contribution in [0, 0.1) is 0 Å². The zero-order valence-corrected chi connectivity index (χ0v) is 15.6. The fourth-order valence-corrected chi connectivity index (χ4v) is 4.40. The maximum atomic E-state index is 12.2. The number of nitrogens with one attached hydrogen (secondary N) is 1. The van der Waals surface area contributed by atoms with Gasteiger partial charge in [0.1, 0.15) is 4.90 Å². The van der Waals surface area contributed by atoms with Gasteiger partial charge in [0.2, 0.25) is 10.0 Å². The average Bonchev–Trinajstić information content (AvgIpc) is 2.31. The number of nitrogens with zero attached hydrogens (tertiary/aromatic N) is 1. The van der Waals surface area contributed by atoms with Crippen molar-refractivity contribution < 1.29 is 13.2 Å². The number of rotatable bonds is 8. The number of ether oxygens (including phenoxy) is 1. The first kappa shape index (κ1) is 19.2. The summed E-state index contributed by atoms with van der Waals surface area (Å²) in [6.07, 6.45) is 0. The van der Waals surface area contributed by atoms with E-state index in [2.05, 4.69) is 20.7 Å². The van der Waals surface area contributed by atoms with E-state index in [1.807, 2.05) is 19.0 Å². The van der Waals surface area contributed by atoms with E-state index in [9.17, 15) is 8.42 Å². The first-order chi connectivity index (χ1) is 9.74. The van der Waals surface area contributed by atoms with Crippen LogP contribution in [0.3, 0.4) is 0 Å². The van der Waals surface area contributed by atoms with Crippen LogP contribution in [-0.4, -0.2) is 53.7 Å². The van der Waals surface area contributed by atoms with E-state index in [0.29, 0.717) is 11.1 Å². The van der Waals surface area contributed by atoms with Gasteiger partial charge in [-0.3, -0.25) is 0 Å². The highest BCUT2D eigenvalue weighted by Gasteiger charge is 2.21. The minimum Gasteiger partial charge on any atom is -0.379 e. The van der Waals surface area contributed by atoms with E-state index in [0.717, 1.165) is 6.54 Å². The fourth-order valence-electron chi connectivity index (χ4n) is 1.46. The van der Waals surface area contributed by atoms with Crippen molar-refractivity contribution in [3.63, 3.8) is 0 Å². The van der Waals surface area contributed by atoms with Crippen molar-refractivity contribution in [1.29, 1.82) is 0 Å². The monoisotopic (exact) mass is 418 g/mol. The highest BCUT2D eigenvalue weighted by molar-refractivity contribution is 9.10. The summed E-state index contributed by atoms with van der Waals surface area (Å²) < 4.78 is 32.7. The van der Waals surface area contributed by atoms with Crippen LogP contribution in [-0.2, 0) is 14.8 Å². The van der Waals surface area contributed by atoms with Crippen LogP contribution >= 0.6 is 39.1 Å². The molecule has 9 heteroatoms. The van der Waals surface area contributed by atoms with Crippen molar-refractivity contribution in [2.45, 2.75) is 4.90 Å². The Morgan fingerprint density at radius 2 is 1.81 bits per heavy atom. The summed E-state index contributed by atoms with van der Waals surface area (Å²) >= 11 is 15.1. The summed E-state index contributed by atoms with van der Waals surface area (Å²) in [5.74, 6) is 0. The van der Waals surface area contributed by atoms with Crippen molar-refractivity contribution in [2.75, 3.05) is 40.4 Å². The van der Waals surface area contributed by atoms with E-state index >= 15 is 0 Å². The van der Waals surface area contributed by atoms with Gasteiger partial charge in [0, 0.05) is 17.6 Å². The Labute approximate surface area is 143 Å². The summed E-state index contributed by atoms with van der Waals surface area (Å²) in [6, 6.07) is 2.96. The lowest BCUT2D eigenvalue weighted by atomic mass is 10.4. The van der Waals surface area contributed by atoms with E-state index < -0.39 is 10.0 Å². The lowest BCUT2D eigenvalue weighted by Crippen LogP contribution is -2.29. The summed E-state index contributed by atoms with van der Waals surface area (Å²) in [5, 5.41) is 0.130. The third kappa shape index (κ3) is 6.40. The van der Waals surface area contributed by atoms with Gasteiger partial charge in [0.15, 0.2) is 0 Å². The number of halogens is 3. The largest absolute Gasteiger partial charge is 0.379 e. The minimum absolute atomic E-state index is 0.0652. The van der Waals surface area contributed by atoms with Crippen LogP contribution in [0.2, 0.25) is 10.0 Å². The van der Waals surface area contributed by atoms with Crippen molar-refractivity contribution >= 4 is 49.2 Å². The van der Waals surface area contributed by atoms with Gasteiger partial charge in [-0.05, 0) is 26.2 Å². The quantitative estimate of drug-likeness (QED) is 0.658. The number of sulfonamides is 1. The zero-order valence-electron chi connectivity index (χ0n) is 11.7. The van der Waals surface area contributed by atoms with Gasteiger partial charge in [-0.1, -0.05) is 39.1 Å². The molecule has 21 heavy (non-hydrogen) atoms. The van der Waals surface area contributed by atoms with E-state index in [-0.39, 0.29) is 28.1 Å². The number of hydrogen-bond acceptors (Lipinski definition) is 4. The molecule has 0 atom stereocenters. The van der Waals surface area contributed by atoms with E-state index in [4.69, 9.17) is 27.9 Å². The van der Waals surface area contributed by atoms with Crippen LogP contribution < -0.4 is 4.72 Å². The van der Waals surface area contributed by atoms with Gasteiger partial charge in [-0.15, -0.1) is 0 Å². The summed E-state index contributed by atoms with van der Waals surface area (Å²) in [4.78, 5) is 1.85. The molecule has 0 saturated heterocycles. The van der Waals surface area contributed by atoms with Gasteiger partial charge >= 0.3 is 0 Å². The second kappa shape index (κ2) is 8.67. The Kier molecular flexibility index (Phi) is 7.91. The zero-order chi connectivity index (χ0) is 16.0. The van der Waals surface area contributed by atoms with Crippen molar-refractivity contribution in [2.24, 2.45) is 0 Å². The van der Waals surface area contributed by atoms with Crippen LogP contribution in [0.15, 0.2) is 21.5 Å². The Morgan fingerprint density at radius 1 is 1.24 bits per heavy atom. The van der Waals surface area contributed by atoms with E-state index in [1.165, 1.54) is 12.1 Å². The second-order valence-electron chi connectivity index (χ2n) is 4.51. The van der Waals surface area contributed by atoms with Gasteiger partial charge in [-0.25, -0.2) is 13.1 Å². The minimum atomic E-state index is -3.77. The normalized spacial score (nSPS) is 12.1. The third-order valence-electron chi connectivity index (χ3n) is 2.45. The SMILES string of the molecule is CN(C)CCOCCNS(=O)(=O)c1c(Cl)cc(Br)cc1Cl. The number of benzene rings is 1. The molecule has 1 aromatic rings.